The Labute approximate surface area is 152 Å². The van der Waals surface area contributed by atoms with E-state index in [1.54, 1.807) is 0 Å². The van der Waals surface area contributed by atoms with E-state index in [0.29, 0.717) is 0 Å². The first kappa shape index (κ1) is 16.8. The summed E-state index contributed by atoms with van der Waals surface area (Å²) < 4.78 is 0. The summed E-state index contributed by atoms with van der Waals surface area (Å²) in [7, 11) is 0. The molecule has 0 unspecified atom stereocenters. The molecular formula is C21H16ClN3. The maximum absolute atomic E-state index is 5.93. The van der Waals surface area contributed by atoms with E-state index in [2.05, 4.69) is 63.5 Å². The van der Waals surface area contributed by atoms with Crippen LogP contribution in [0.1, 0.15) is 0 Å². The van der Waals surface area contributed by atoms with Crippen LogP contribution in [0.3, 0.4) is 0 Å². The smallest absolute Gasteiger partial charge is 0.119 e. The van der Waals surface area contributed by atoms with Gasteiger partial charge in [0.2, 0.25) is 0 Å². The van der Waals surface area contributed by atoms with Gasteiger partial charge in [0.1, 0.15) is 19.0 Å². The van der Waals surface area contributed by atoms with Crippen molar-refractivity contribution < 1.29 is 0 Å². The van der Waals surface area contributed by atoms with E-state index < -0.39 is 0 Å². The van der Waals surface area contributed by atoms with Gasteiger partial charge in [0.25, 0.3) is 0 Å². The van der Waals surface area contributed by atoms with Crippen molar-refractivity contribution >= 4 is 11.6 Å². The second-order valence-electron chi connectivity index (χ2n) is 5.25. The lowest BCUT2D eigenvalue weighted by atomic mass is 9.99. The lowest BCUT2D eigenvalue weighted by molar-refractivity contribution is 1.05. The van der Waals surface area contributed by atoms with E-state index >= 15 is 0 Å². The maximum Gasteiger partial charge on any atom is 0.119 e. The lowest BCUT2D eigenvalue weighted by Gasteiger charge is -2.06. The Balaban J connectivity index is 0.000000258. The van der Waals surface area contributed by atoms with E-state index in [9.17, 15) is 0 Å². The summed E-state index contributed by atoms with van der Waals surface area (Å²) >= 11 is 5.93. The molecule has 0 saturated heterocycles. The minimum Gasteiger partial charge on any atom is -0.225 e. The molecular weight excluding hydrogens is 330 g/mol. The Hall–Kier alpha value is -3.04. The Kier molecular flexibility index (Phi) is 5.86. The average molecular weight is 346 g/mol. The van der Waals surface area contributed by atoms with Crippen LogP contribution >= 0.6 is 11.6 Å². The molecule has 3 nitrogen and oxygen atoms in total. The highest BCUT2D eigenvalue weighted by Crippen LogP contribution is 2.26. The molecule has 3 aromatic carbocycles. The molecule has 0 fully saturated rings. The van der Waals surface area contributed by atoms with E-state index in [4.69, 9.17) is 11.6 Å². The summed E-state index contributed by atoms with van der Waals surface area (Å²) in [6.07, 6.45) is 4.31. The van der Waals surface area contributed by atoms with Crippen molar-refractivity contribution in [3.8, 4) is 22.3 Å². The van der Waals surface area contributed by atoms with Crippen LogP contribution in [0.4, 0.5) is 0 Å². The summed E-state index contributed by atoms with van der Waals surface area (Å²) in [5.74, 6) is 0. The van der Waals surface area contributed by atoms with Crippen molar-refractivity contribution in [1.29, 1.82) is 0 Å². The summed E-state index contributed by atoms with van der Waals surface area (Å²) in [5.41, 5.74) is 4.85. The summed E-state index contributed by atoms with van der Waals surface area (Å²) in [5, 5.41) is 0.767. The molecule has 0 aliphatic heterocycles. The normalized spacial score (nSPS) is 9.80. The molecule has 0 spiro atoms. The van der Waals surface area contributed by atoms with Crippen molar-refractivity contribution in [2.75, 3.05) is 0 Å². The minimum atomic E-state index is 0.767. The summed E-state index contributed by atoms with van der Waals surface area (Å²) in [6.45, 7) is 0. The van der Waals surface area contributed by atoms with Crippen LogP contribution in [0.2, 0.25) is 5.02 Å². The number of rotatable bonds is 2. The van der Waals surface area contributed by atoms with Crippen molar-refractivity contribution in [2.45, 2.75) is 0 Å². The van der Waals surface area contributed by atoms with Gasteiger partial charge >= 0.3 is 0 Å². The van der Waals surface area contributed by atoms with Gasteiger partial charge in [0.05, 0.1) is 0 Å². The number of hydrogen-bond donors (Lipinski definition) is 0. The molecule has 1 aromatic heterocycles. The van der Waals surface area contributed by atoms with Gasteiger partial charge in [-0.25, -0.2) is 15.0 Å². The van der Waals surface area contributed by atoms with Gasteiger partial charge in [-0.3, -0.25) is 0 Å². The van der Waals surface area contributed by atoms with Gasteiger partial charge in [-0.05, 0) is 40.5 Å². The van der Waals surface area contributed by atoms with E-state index in [0.717, 1.165) is 5.02 Å². The highest BCUT2D eigenvalue weighted by Gasteiger charge is 2.01. The third kappa shape index (κ3) is 4.96. The van der Waals surface area contributed by atoms with Crippen LogP contribution in [0.5, 0.6) is 0 Å². The predicted octanol–water partition coefficient (Wildman–Crippen LogP) is 5.55. The number of aromatic nitrogens is 3. The molecule has 0 aliphatic carbocycles. The third-order valence-corrected chi connectivity index (χ3v) is 3.80. The molecule has 0 radical (unpaired) electrons. The van der Waals surface area contributed by atoms with Gasteiger partial charge in [0, 0.05) is 5.02 Å². The third-order valence-electron chi connectivity index (χ3n) is 3.55. The molecule has 0 atom stereocenters. The van der Waals surface area contributed by atoms with E-state index in [-0.39, 0.29) is 0 Å². The van der Waals surface area contributed by atoms with E-state index in [1.807, 2.05) is 30.3 Å². The zero-order valence-corrected chi connectivity index (χ0v) is 14.2. The maximum atomic E-state index is 5.93. The molecule has 1 heterocycles. The van der Waals surface area contributed by atoms with Crippen LogP contribution in [-0.2, 0) is 0 Å². The first-order valence-electron chi connectivity index (χ1n) is 7.79. The highest BCUT2D eigenvalue weighted by molar-refractivity contribution is 6.30. The SMILES string of the molecule is Clc1ccc(-c2cccc(-c3ccccc3)c2)cc1.c1ncncn1. The zero-order valence-electron chi connectivity index (χ0n) is 13.5. The molecule has 4 rings (SSSR count). The lowest BCUT2D eigenvalue weighted by Crippen LogP contribution is -1.81. The van der Waals surface area contributed by atoms with Crippen LogP contribution in [0.25, 0.3) is 22.3 Å². The Morgan fingerprint density at radius 3 is 1.48 bits per heavy atom. The second-order valence-corrected chi connectivity index (χ2v) is 5.68. The standard InChI is InChI=1S/C18H13Cl.C3H3N3/c19-18-11-9-15(10-12-18)17-8-4-7-16(13-17)14-5-2-1-3-6-14;1-4-2-6-3-5-1/h1-13H;1-3H. The number of halogens is 1. The molecule has 122 valence electrons. The predicted molar refractivity (Wildman–Crippen MR) is 102 cm³/mol. The summed E-state index contributed by atoms with van der Waals surface area (Å²) in [6, 6.07) is 26.9. The van der Waals surface area contributed by atoms with Crippen LogP contribution in [0.15, 0.2) is 97.8 Å². The van der Waals surface area contributed by atoms with Crippen molar-refractivity contribution in [1.82, 2.24) is 15.0 Å². The average Bonchev–Trinajstić information content (AvgIpc) is 2.71. The number of benzene rings is 3. The Morgan fingerprint density at radius 1 is 0.480 bits per heavy atom. The quantitative estimate of drug-likeness (QED) is 0.478. The second kappa shape index (κ2) is 8.71. The summed E-state index contributed by atoms with van der Waals surface area (Å²) in [4.78, 5) is 10.7. The monoisotopic (exact) mass is 345 g/mol. The zero-order chi connectivity index (χ0) is 17.3. The fourth-order valence-electron chi connectivity index (χ4n) is 2.36. The van der Waals surface area contributed by atoms with E-state index in [1.165, 1.54) is 41.2 Å². The van der Waals surface area contributed by atoms with Gasteiger partial charge < -0.3 is 0 Å². The molecule has 0 N–H and O–H groups in total. The van der Waals surface area contributed by atoms with Crippen LogP contribution < -0.4 is 0 Å². The highest BCUT2D eigenvalue weighted by atomic mass is 35.5. The fourth-order valence-corrected chi connectivity index (χ4v) is 2.48. The van der Waals surface area contributed by atoms with Gasteiger partial charge in [-0.2, -0.15) is 0 Å². The largest absolute Gasteiger partial charge is 0.225 e. The van der Waals surface area contributed by atoms with Crippen molar-refractivity contribution in [2.24, 2.45) is 0 Å². The van der Waals surface area contributed by atoms with Crippen molar-refractivity contribution in [3.05, 3.63) is 103 Å². The molecule has 4 aromatic rings. The number of nitrogens with zero attached hydrogens (tertiary/aromatic N) is 3. The van der Waals surface area contributed by atoms with Crippen LogP contribution in [0, 0.1) is 0 Å². The molecule has 0 amide bonds. The van der Waals surface area contributed by atoms with Gasteiger partial charge in [-0.1, -0.05) is 72.3 Å². The Bertz CT molecular complexity index is 868. The first-order chi connectivity index (χ1) is 12.3. The fraction of sp³-hybridized carbons (Fsp3) is 0. The van der Waals surface area contributed by atoms with Gasteiger partial charge in [0.15, 0.2) is 0 Å². The van der Waals surface area contributed by atoms with Crippen molar-refractivity contribution in [3.63, 3.8) is 0 Å². The number of hydrogen-bond acceptors (Lipinski definition) is 3. The molecule has 4 heteroatoms. The van der Waals surface area contributed by atoms with Gasteiger partial charge in [-0.15, -0.1) is 0 Å². The molecule has 0 bridgehead atoms. The molecule has 0 aliphatic rings. The van der Waals surface area contributed by atoms with Crippen LogP contribution in [-0.4, -0.2) is 15.0 Å². The molecule has 0 saturated carbocycles. The molecule has 25 heavy (non-hydrogen) atoms. The Morgan fingerprint density at radius 2 is 0.960 bits per heavy atom. The topological polar surface area (TPSA) is 38.7 Å². The minimum absolute atomic E-state index is 0.767. The first-order valence-corrected chi connectivity index (χ1v) is 8.17.